The van der Waals surface area contributed by atoms with Crippen LogP contribution in [0.5, 0.6) is 0 Å². The van der Waals surface area contributed by atoms with Crippen LogP contribution in [0.3, 0.4) is 0 Å². The van der Waals surface area contributed by atoms with Crippen molar-refractivity contribution in [2.24, 2.45) is 5.92 Å². The van der Waals surface area contributed by atoms with Crippen LogP contribution in [0.4, 0.5) is 0 Å². The molecule has 2 fully saturated rings. The molecule has 13 heavy (non-hydrogen) atoms. The molecular formula is C11H19BrO. The molecule has 3 atom stereocenters. The zero-order chi connectivity index (χ0) is 9.10. The van der Waals surface area contributed by atoms with Crippen LogP contribution in [0.1, 0.15) is 44.9 Å². The van der Waals surface area contributed by atoms with Gasteiger partial charge in [-0.3, -0.25) is 0 Å². The van der Waals surface area contributed by atoms with E-state index in [0.717, 1.165) is 17.4 Å². The number of alkyl halides is 1. The average molecular weight is 247 g/mol. The van der Waals surface area contributed by atoms with Crippen LogP contribution in [-0.4, -0.2) is 17.5 Å². The third kappa shape index (κ3) is 2.95. The Morgan fingerprint density at radius 2 is 2.08 bits per heavy atom. The minimum Gasteiger partial charge on any atom is -0.378 e. The fourth-order valence-electron chi connectivity index (χ4n) is 2.57. The fraction of sp³-hybridized carbons (Fsp3) is 1.00. The predicted molar refractivity (Wildman–Crippen MR) is 58.3 cm³/mol. The van der Waals surface area contributed by atoms with E-state index in [1.54, 1.807) is 0 Å². The lowest BCUT2D eigenvalue weighted by atomic mass is 9.99. The van der Waals surface area contributed by atoms with Crippen molar-refractivity contribution in [1.82, 2.24) is 0 Å². The quantitative estimate of drug-likeness (QED) is 0.693. The molecule has 1 aliphatic heterocycles. The van der Waals surface area contributed by atoms with Crippen LogP contribution in [0.2, 0.25) is 0 Å². The van der Waals surface area contributed by atoms with E-state index < -0.39 is 0 Å². The molecule has 0 aromatic heterocycles. The lowest BCUT2D eigenvalue weighted by Gasteiger charge is -2.12. The highest BCUT2D eigenvalue weighted by Crippen LogP contribution is 2.34. The van der Waals surface area contributed by atoms with Gasteiger partial charge in [-0.1, -0.05) is 15.9 Å². The van der Waals surface area contributed by atoms with Crippen molar-refractivity contribution in [3.63, 3.8) is 0 Å². The third-order valence-electron chi connectivity index (χ3n) is 3.40. The molecular weight excluding hydrogens is 228 g/mol. The molecule has 0 N–H and O–H groups in total. The van der Waals surface area contributed by atoms with Crippen LogP contribution in [0.15, 0.2) is 0 Å². The third-order valence-corrected chi connectivity index (χ3v) is 4.23. The van der Waals surface area contributed by atoms with Gasteiger partial charge in [-0.25, -0.2) is 0 Å². The number of hydrogen-bond acceptors (Lipinski definition) is 1. The van der Waals surface area contributed by atoms with Crippen LogP contribution in [0, 0.1) is 5.92 Å². The largest absolute Gasteiger partial charge is 0.378 e. The van der Waals surface area contributed by atoms with Crippen LogP contribution >= 0.6 is 15.9 Å². The van der Waals surface area contributed by atoms with Crippen molar-refractivity contribution < 1.29 is 4.74 Å². The standard InChI is InChI=1S/C11H19BrO/c12-10-5-3-9(8-10)4-6-11-2-1-7-13-11/h9-11H,1-8H2. The maximum Gasteiger partial charge on any atom is 0.0576 e. The van der Waals surface area contributed by atoms with Crippen molar-refractivity contribution in [3.05, 3.63) is 0 Å². The molecule has 0 radical (unpaired) electrons. The zero-order valence-corrected chi connectivity index (χ0v) is 9.76. The van der Waals surface area contributed by atoms with E-state index in [4.69, 9.17) is 4.74 Å². The first-order valence-electron chi connectivity index (χ1n) is 5.60. The van der Waals surface area contributed by atoms with E-state index in [1.165, 1.54) is 44.9 Å². The van der Waals surface area contributed by atoms with E-state index in [2.05, 4.69) is 15.9 Å². The Labute approximate surface area is 89.4 Å². The van der Waals surface area contributed by atoms with E-state index in [9.17, 15) is 0 Å². The summed E-state index contributed by atoms with van der Waals surface area (Å²) in [5.74, 6) is 0.980. The second-order valence-corrected chi connectivity index (χ2v) is 5.78. The summed E-state index contributed by atoms with van der Waals surface area (Å²) in [7, 11) is 0. The van der Waals surface area contributed by atoms with Gasteiger partial charge >= 0.3 is 0 Å². The summed E-state index contributed by atoms with van der Waals surface area (Å²) >= 11 is 3.70. The second-order valence-electron chi connectivity index (χ2n) is 4.49. The Hall–Kier alpha value is 0.440. The van der Waals surface area contributed by atoms with E-state index in [0.29, 0.717) is 6.10 Å². The summed E-state index contributed by atoms with van der Waals surface area (Å²) < 4.78 is 5.63. The molecule has 1 nitrogen and oxygen atoms in total. The number of hydrogen-bond donors (Lipinski definition) is 0. The minimum absolute atomic E-state index is 0.606. The minimum atomic E-state index is 0.606. The van der Waals surface area contributed by atoms with Gasteiger partial charge in [0.05, 0.1) is 6.10 Å². The van der Waals surface area contributed by atoms with Gasteiger partial charge in [0, 0.05) is 11.4 Å². The van der Waals surface area contributed by atoms with Crippen molar-refractivity contribution in [3.8, 4) is 0 Å². The summed E-state index contributed by atoms with van der Waals surface area (Å²) in [5.41, 5.74) is 0. The average Bonchev–Trinajstić information content (AvgIpc) is 2.71. The summed E-state index contributed by atoms with van der Waals surface area (Å²) in [6, 6.07) is 0. The molecule has 1 heterocycles. The Balaban J connectivity index is 1.62. The second kappa shape index (κ2) is 4.79. The summed E-state index contributed by atoms with van der Waals surface area (Å²) in [4.78, 5) is 0.807. The maximum atomic E-state index is 5.63. The molecule has 0 aromatic carbocycles. The monoisotopic (exact) mass is 246 g/mol. The molecule has 2 heteroatoms. The van der Waals surface area contributed by atoms with E-state index in [1.807, 2.05) is 0 Å². The Bertz CT molecular complexity index is 154. The molecule has 1 aliphatic carbocycles. The zero-order valence-electron chi connectivity index (χ0n) is 8.18. The Kier molecular flexibility index (Phi) is 3.67. The highest BCUT2D eigenvalue weighted by atomic mass is 79.9. The number of rotatable bonds is 3. The SMILES string of the molecule is BrC1CCC(CCC2CCCO2)C1. The van der Waals surface area contributed by atoms with Gasteiger partial charge in [0.15, 0.2) is 0 Å². The molecule has 2 aliphatic rings. The van der Waals surface area contributed by atoms with Gasteiger partial charge in [-0.05, 0) is 50.9 Å². The van der Waals surface area contributed by atoms with Gasteiger partial charge < -0.3 is 4.74 Å². The fourth-order valence-corrected chi connectivity index (χ4v) is 3.36. The van der Waals surface area contributed by atoms with E-state index >= 15 is 0 Å². The van der Waals surface area contributed by atoms with Gasteiger partial charge in [0.1, 0.15) is 0 Å². The van der Waals surface area contributed by atoms with Crippen molar-refractivity contribution in [2.75, 3.05) is 6.61 Å². The summed E-state index contributed by atoms with van der Waals surface area (Å²) in [6.07, 6.45) is 10.1. The van der Waals surface area contributed by atoms with Crippen molar-refractivity contribution in [2.45, 2.75) is 55.9 Å². The molecule has 3 unspecified atom stereocenters. The molecule has 0 bridgehead atoms. The maximum absolute atomic E-state index is 5.63. The van der Waals surface area contributed by atoms with Crippen molar-refractivity contribution in [1.29, 1.82) is 0 Å². The molecule has 0 amide bonds. The summed E-state index contributed by atoms with van der Waals surface area (Å²) in [6.45, 7) is 1.01. The number of ether oxygens (including phenoxy) is 1. The summed E-state index contributed by atoms with van der Waals surface area (Å²) in [5, 5.41) is 0. The van der Waals surface area contributed by atoms with Crippen LogP contribution < -0.4 is 0 Å². The molecule has 1 saturated heterocycles. The predicted octanol–water partition coefficient (Wildman–Crippen LogP) is 3.51. The Morgan fingerprint density at radius 3 is 2.69 bits per heavy atom. The normalized spacial score (nSPS) is 39.9. The molecule has 76 valence electrons. The van der Waals surface area contributed by atoms with E-state index in [-0.39, 0.29) is 0 Å². The molecule has 0 aromatic rings. The van der Waals surface area contributed by atoms with Crippen LogP contribution in [0.25, 0.3) is 0 Å². The molecule has 0 spiro atoms. The first-order valence-corrected chi connectivity index (χ1v) is 6.52. The molecule has 2 rings (SSSR count). The van der Waals surface area contributed by atoms with Gasteiger partial charge in [-0.15, -0.1) is 0 Å². The van der Waals surface area contributed by atoms with Crippen LogP contribution in [-0.2, 0) is 4.74 Å². The lowest BCUT2D eigenvalue weighted by Crippen LogP contribution is -2.07. The smallest absolute Gasteiger partial charge is 0.0576 e. The molecule has 1 saturated carbocycles. The van der Waals surface area contributed by atoms with Gasteiger partial charge in [0.25, 0.3) is 0 Å². The topological polar surface area (TPSA) is 9.23 Å². The first-order chi connectivity index (χ1) is 6.34. The van der Waals surface area contributed by atoms with Gasteiger partial charge in [0.2, 0.25) is 0 Å². The Morgan fingerprint density at radius 1 is 1.15 bits per heavy atom. The van der Waals surface area contributed by atoms with Gasteiger partial charge in [-0.2, -0.15) is 0 Å². The first kappa shape index (κ1) is 9.97. The lowest BCUT2D eigenvalue weighted by molar-refractivity contribution is 0.0983. The highest BCUT2D eigenvalue weighted by Gasteiger charge is 2.24. The van der Waals surface area contributed by atoms with Crippen molar-refractivity contribution >= 4 is 15.9 Å². The number of halogens is 1. The highest BCUT2D eigenvalue weighted by molar-refractivity contribution is 9.09.